The van der Waals surface area contributed by atoms with Crippen LogP contribution >= 0.6 is 11.3 Å². The molecule has 0 saturated heterocycles. The maximum Gasteiger partial charge on any atom is 0.240 e. The van der Waals surface area contributed by atoms with E-state index in [-0.39, 0.29) is 0 Å². The van der Waals surface area contributed by atoms with Crippen LogP contribution in [0.3, 0.4) is 0 Å². The molecule has 0 aromatic carbocycles. The highest BCUT2D eigenvalue weighted by atomic mass is 32.1. The van der Waals surface area contributed by atoms with Gasteiger partial charge in [-0.25, -0.2) is 0 Å². The fourth-order valence-corrected chi connectivity index (χ4v) is 1.93. The first kappa shape index (κ1) is 9.28. The fourth-order valence-electron chi connectivity index (χ4n) is 1.11. The van der Waals surface area contributed by atoms with E-state index < -0.39 is 0 Å². The van der Waals surface area contributed by atoms with Gasteiger partial charge >= 0.3 is 0 Å². The van der Waals surface area contributed by atoms with E-state index >= 15 is 0 Å². The molecule has 0 N–H and O–H groups in total. The standard InChI is InChI=1S/C10H14NS/c1-4-6-7-11-8-12-9(3)10(11)5-2/h8H,4-5H2,1-3H3/q+1. The van der Waals surface area contributed by atoms with E-state index in [0.717, 1.165) is 12.8 Å². The second kappa shape index (κ2) is 4.27. The van der Waals surface area contributed by atoms with Crippen molar-refractivity contribution < 1.29 is 4.57 Å². The second-order valence-corrected chi connectivity index (χ2v) is 3.65. The molecule has 2 heteroatoms. The van der Waals surface area contributed by atoms with Crippen molar-refractivity contribution in [2.24, 2.45) is 0 Å². The van der Waals surface area contributed by atoms with Crippen LogP contribution in [0, 0.1) is 18.9 Å². The number of aryl methyl sites for hydroxylation is 1. The summed E-state index contributed by atoms with van der Waals surface area (Å²) in [5.41, 5.74) is 3.43. The van der Waals surface area contributed by atoms with Crippen LogP contribution in [0.4, 0.5) is 0 Å². The number of rotatable bonds is 1. The smallest absolute Gasteiger partial charge is 0.105 e. The Hall–Kier alpha value is -0.810. The van der Waals surface area contributed by atoms with Gasteiger partial charge in [-0.05, 0) is 12.8 Å². The highest BCUT2D eigenvalue weighted by Gasteiger charge is 2.12. The lowest BCUT2D eigenvalue weighted by molar-refractivity contribution is -0.586. The van der Waals surface area contributed by atoms with E-state index in [1.165, 1.54) is 10.6 Å². The lowest BCUT2D eigenvalue weighted by atomic mass is 10.3. The van der Waals surface area contributed by atoms with Gasteiger partial charge in [-0.2, -0.15) is 0 Å². The van der Waals surface area contributed by atoms with Crippen LogP contribution in [0.1, 0.15) is 30.8 Å². The first-order valence-electron chi connectivity index (χ1n) is 4.27. The molecular formula is C10H14NS+. The number of hydrogen-bond donors (Lipinski definition) is 0. The normalized spacial score (nSPS) is 9.25. The van der Waals surface area contributed by atoms with Gasteiger partial charge in [0.05, 0.1) is 4.88 Å². The summed E-state index contributed by atoms with van der Waals surface area (Å²) in [5.74, 6) is 3.07. The van der Waals surface area contributed by atoms with Crippen molar-refractivity contribution in [2.45, 2.75) is 33.6 Å². The van der Waals surface area contributed by atoms with E-state index in [2.05, 4.69) is 38.2 Å². The molecule has 1 aromatic heterocycles. The Morgan fingerprint density at radius 2 is 2.25 bits per heavy atom. The van der Waals surface area contributed by atoms with E-state index in [1.807, 2.05) is 4.57 Å². The lowest BCUT2D eigenvalue weighted by Crippen LogP contribution is -2.30. The van der Waals surface area contributed by atoms with Crippen LogP contribution < -0.4 is 4.57 Å². The van der Waals surface area contributed by atoms with Crippen molar-refractivity contribution in [3.63, 3.8) is 0 Å². The topological polar surface area (TPSA) is 3.88 Å². The quantitative estimate of drug-likeness (QED) is 0.460. The van der Waals surface area contributed by atoms with Crippen LogP contribution in [-0.4, -0.2) is 0 Å². The van der Waals surface area contributed by atoms with E-state index in [1.54, 1.807) is 11.3 Å². The van der Waals surface area contributed by atoms with Crippen LogP contribution in [-0.2, 0) is 6.42 Å². The molecule has 1 aromatic rings. The molecule has 0 aliphatic carbocycles. The largest absolute Gasteiger partial charge is 0.240 e. The molecule has 0 radical (unpaired) electrons. The van der Waals surface area contributed by atoms with Crippen molar-refractivity contribution in [3.8, 4) is 12.0 Å². The Balaban J connectivity index is 2.99. The highest BCUT2D eigenvalue weighted by Crippen LogP contribution is 2.09. The summed E-state index contributed by atoms with van der Waals surface area (Å²) >= 11 is 1.77. The summed E-state index contributed by atoms with van der Waals surface area (Å²) in [4.78, 5) is 1.38. The average Bonchev–Trinajstić information content (AvgIpc) is 2.43. The molecule has 0 amide bonds. The maximum absolute atomic E-state index is 3.11. The first-order chi connectivity index (χ1) is 5.79. The van der Waals surface area contributed by atoms with Crippen molar-refractivity contribution in [2.75, 3.05) is 0 Å². The van der Waals surface area contributed by atoms with Crippen LogP contribution in [0.5, 0.6) is 0 Å². The van der Waals surface area contributed by atoms with Gasteiger partial charge in [0, 0.05) is 12.8 Å². The number of thiazole rings is 1. The van der Waals surface area contributed by atoms with Crippen molar-refractivity contribution in [1.29, 1.82) is 0 Å². The van der Waals surface area contributed by atoms with Crippen LogP contribution in [0.2, 0.25) is 0 Å². The van der Waals surface area contributed by atoms with Gasteiger partial charge in [-0.15, -0.1) is 4.57 Å². The Morgan fingerprint density at radius 3 is 2.83 bits per heavy atom. The predicted molar refractivity (Wildman–Crippen MR) is 52.1 cm³/mol. The summed E-state index contributed by atoms with van der Waals surface area (Å²) < 4.78 is 2.05. The number of hydrogen-bond acceptors (Lipinski definition) is 1. The van der Waals surface area contributed by atoms with Gasteiger partial charge in [0.1, 0.15) is 0 Å². The molecule has 0 bridgehead atoms. The van der Waals surface area contributed by atoms with Gasteiger partial charge in [0.15, 0.2) is 0 Å². The zero-order chi connectivity index (χ0) is 8.97. The molecule has 12 heavy (non-hydrogen) atoms. The molecule has 1 nitrogen and oxygen atoms in total. The van der Waals surface area contributed by atoms with Gasteiger partial charge in [0.25, 0.3) is 0 Å². The van der Waals surface area contributed by atoms with Crippen molar-refractivity contribution in [1.82, 2.24) is 0 Å². The van der Waals surface area contributed by atoms with Crippen LogP contribution in [0.15, 0.2) is 5.51 Å². The summed E-state index contributed by atoms with van der Waals surface area (Å²) in [6, 6.07) is 3.11. The SMILES string of the molecule is CCC#C[n+]1csc(C)c1CC. The molecule has 0 unspecified atom stereocenters. The monoisotopic (exact) mass is 180 g/mol. The Kier molecular flexibility index (Phi) is 3.31. The lowest BCUT2D eigenvalue weighted by Gasteiger charge is -1.85. The van der Waals surface area contributed by atoms with E-state index in [9.17, 15) is 0 Å². The predicted octanol–water partition coefficient (Wildman–Crippen LogP) is 2.13. The van der Waals surface area contributed by atoms with E-state index in [0.29, 0.717) is 0 Å². The molecule has 0 fully saturated rings. The van der Waals surface area contributed by atoms with Crippen molar-refractivity contribution in [3.05, 3.63) is 16.1 Å². The fraction of sp³-hybridized carbons (Fsp3) is 0.500. The second-order valence-electron chi connectivity index (χ2n) is 2.59. The van der Waals surface area contributed by atoms with Crippen LogP contribution in [0.25, 0.3) is 0 Å². The minimum absolute atomic E-state index is 0.922. The first-order valence-corrected chi connectivity index (χ1v) is 5.15. The minimum Gasteiger partial charge on any atom is -0.105 e. The number of nitrogens with zero attached hydrogens (tertiary/aromatic N) is 1. The Bertz CT molecular complexity index is 314. The van der Waals surface area contributed by atoms with Gasteiger partial charge in [-0.3, -0.25) is 0 Å². The molecular weight excluding hydrogens is 166 g/mol. The van der Waals surface area contributed by atoms with E-state index in [4.69, 9.17) is 0 Å². The summed E-state index contributed by atoms with van der Waals surface area (Å²) in [6.07, 6.45) is 1.98. The molecule has 0 aliphatic heterocycles. The highest BCUT2D eigenvalue weighted by molar-refractivity contribution is 7.09. The number of aromatic nitrogens is 1. The summed E-state index contributed by atoms with van der Waals surface area (Å²) in [5, 5.41) is 0. The average molecular weight is 180 g/mol. The molecule has 0 atom stereocenters. The third kappa shape index (κ3) is 1.86. The molecule has 0 saturated carbocycles. The summed E-state index contributed by atoms with van der Waals surface area (Å²) in [6.45, 7) is 6.38. The maximum atomic E-state index is 3.11. The third-order valence-electron chi connectivity index (χ3n) is 1.74. The van der Waals surface area contributed by atoms with Gasteiger partial charge in [0.2, 0.25) is 17.2 Å². The Labute approximate surface area is 78.1 Å². The zero-order valence-corrected chi connectivity index (χ0v) is 8.66. The Morgan fingerprint density at radius 1 is 1.50 bits per heavy atom. The minimum atomic E-state index is 0.922. The van der Waals surface area contributed by atoms with Crippen molar-refractivity contribution >= 4 is 11.3 Å². The molecule has 1 rings (SSSR count). The molecule has 0 spiro atoms. The molecule has 1 heterocycles. The third-order valence-corrected chi connectivity index (χ3v) is 2.65. The molecule has 0 aliphatic rings. The van der Waals surface area contributed by atoms with Gasteiger partial charge in [-0.1, -0.05) is 25.2 Å². The van der Waals surface area contributed by atoms with Gasteiger partial charge < -0.3 is 0 Å². The molecule has 64 valence electrons. The zero-order valence-electron chi connectivity index (χ0n) is 7.85. The summed E-state index contributed by atoms with van der Waals surface area (Å²) in [7, 11) is 0.